The smallest absolute Gasteiger partial charge is 0.203 e. The second kappa shape index (κ2) is 5.87. The zero-order valence-corrected chi connectivity index (χ0v) is 10.5. The molecule has 0 aromatic carbocycles. The fourth-order valence-electron chi connectivity index (χ4n) is 2.22. The van der Waals surface area contributed by atoms with Gasteiger partial charge in [-0.15, -0.1) is 6.58 Å². The zero-order valence-electron chi connectivity index (χ0n) is 10.5. The van der Waals surface area contributed by atoms with Gasteiger partial charge in [0.15, 0.2) is 0 Å². The molecular formula is C13H21N3O. The second-order valence-electron chi connectivity index (χ2n) is 4.61. The van der Waals surface area contributed by atoms with Gasteiger partial charge in [0.2, 0.25) is 5.95 Å². The first-order valence-electron chi connectivity index (χ1n) is 6.26. The first-order chi connectivity index (χ1) is 8.29. The van der Waals surface area contributed by atoms with E-state index in [2.05, 4.69) is 27.6 Å². The molecule has 0 aliphatic carbocycles. The second-order valence-corrected chi connectivity index (χ2v) is 4.61. The topological polar surface area (TPSA) is 39.1 Å². The van der Waals surface area contributed by atoms with Crippen molar-refractivity contribution >= 4 is 5.95 Å². The van der Waals surface area contributed by atoms with Crippen LogP contribution in [0.5, 0.6) is 0 Å². The Bertz CT molecular complexity index is 367. The van der Waals surface area contributed by atoms with Gasteiger partial charge in [0.05, 0.1) is 12.3 Å². The van der Waals surface area contributed by atoms with E-state index < -0.39 is 0 Å². The van der Waals surface area contributed by atoms with Crippen LogP contribution in [0.25, 0.3) is 0 Å². The molecule has 17 heavy (non-hydrogen) atoms. The maximum absolute atomic E-state index is 5.51. The molecule has 0 spiro atoms. The normalized spacial score (nSPS) is 20.2. The van der Waals surface area contributed by atoms with Crippen molar-refractivity contribution in [2.75, 3.05) is 25.1 Å². The van der Waals surface area contributed by atoms with Gasteiger partial charge < -0.3 is 14.6 Å². The van der Waals surface area contributed by atoms with Crippen molar-refractivity contribution in [1.82, 2.24) is 9.55 Å². The van der Waals surface area contributed by atoms with E-state index in [9.17, 15) is 0 Å². The Morgan fingerprint density at radius 2 is 2.59 bits per heavy atom. The summed E-state index contributed by atoms with van der Waals surface area (Å²) in [5, 5.41) is 3.27. The predicted octanol–water partition coefficient (Wildman–Crippen LogP) is 2.22. The van der Waals surface area contributed by atoms with Crippen LogP contribution in [-0.2, 0) is 11.3 Å². The van der Waals surface area contributed by atoms with Crippen LogP contribution in [0.2, 0.25) is 0 Å². The molecule has 0 amide bonds. The minimum absolute atomic E-state index is 0.613. The van der Waals surface area contributed by atoms with Gasteiger partial charge in [-0.2, -0.15) is 0 Å². The fraction of sp³-hybridized carbons (Fsp3) is 0.615. The summed E-state index contributed by atoms with van der Waals surface area (Å²) in [6, 6.07) is 0. The van der Waals surface area contributed by atoms with Crippen molar-refractivity contribution in [3.05, 3.63) is 24.5 Å². The van der Waals surface area contributed by atoms with Crippen LogP contribution in [0.3, 0.4) is 0 Å². The lowest BCUT2D eigenvalue weighted by molar-refractivity contribution is 0.0486. The lowest BCUT2D eigenvalue weighted by Gasteiger charge is -2.23. The standard InChI is InChI=1S/C13H21N3O/c1-3-6-14-13-15-11(2)8-16(13)9-12-5-4-7-17-10-12/h3,8,12H,1,4-7,9-10H2,2H3,(H,14,15). The molecule has 0 radical (unpaired) electrons. The van der Waals surface area contributed by atoms with Crippen molar-refractivity contribution < 1.29 is 4.74 Å². The largest absolute Gasteiger partial charge is 0.381 e. The summed E-state index contributed by atoms with van der Waals surface area (Å²) in [4.78, 5) is 4.48. The van der Waals surface area contributed by atoms with Crippen molar-refractivity contribution in [2.45, 2.75) is 26.3 Å². The Balaban J connectivity index is 2.00. The highest BCUT2D eigenvalue weighted by Crippen LogP contribution is 2.18. The van der Waals surface area contributed by atoms with E-state index in [1.807, 2.05) is 13.0 Å². The lowest BCUT2D eigenvalue weighted by atomic mass is 10.0. The van der Waals surface area contributed by atoms with Crippen LogP contribution >= 0.6 is 0 Å². The molecule has 0 saturated carbocycles. The number of nitrogens with one attached hydrogen (secondary N) is 1. The Morgan fingerprint density at radius 3 is 3.29 bits per heavy atom. The van der Waals surface area contributed by atoms with Crippen LogP contribution < -0.4 is 5.32 Å². The minimum Gasteiger partial charge on any atom is -0.381 e. The van der Waals surface area contributed by atoms with Crippen molar-refractivity contribution in [1.29, 1.82) is 0 Å². The van der Waals surface area contributed by atoms with Crippen LogP contribution in [0, 0.1) is 12.8 Å². The van der Waals surface area contributed by atoms with Crippen molar-refractivity contribution in [3.63, 3.8) is 0 Å². The van der Waals surface area contributed by atoms with Gasteiger partial charge in [-0.05, 0) is 19.8 Å². The molecule has 1 saturated heterocycles. The molecule has 1 aromatic rings. The Hall–Kier alpha value is -1.29. The van der Waals surface area contributed by atoms with Crippen LogP contribution in [-0.4, -0.2) is 29.3 Å². The maximum Gasteiger partial charge on any atom is 0.203 e. The average molecular weight is 235 g/mol. The van der Waals surface area contributed by atoms with Crippen LogP contribution in [0.4, 0.5) is 5.95 Å². The number of hydrogen-bond donors (Lipinski definition) is 1. The molecule has 2 heterocycles. The fourth-order valence-corrected chi connectivity index (χ4v) is 2.22. The highest BCUT2D eigenvalue weighted by Gasteiger charge is 2.16. The molecule has 1 aliphatic heterocycles. The number of anilines is 1. The number of nitrogens with zero attached hydrogens (tertiary/aromatic N) is 2. The van der Waals surface area contributed by atoms with E-state index in [-0.39, 0.29) is 0 Å². The number of imidazole rings is 1. The van der Waals surface area contributed by atoms with Gasteiger partial charge in [-0.3, -0.25) is 0 Å². The molecule has 2 rings (SSSR count). The first-order valence-corrected chi connectivity index (χ1v) is 6.26. The Morgan fingerprint density at radius 1 is 1.71 bits per heavy atom. The van der Waals surface area contributed by atoms with Crippen LogP contribution in [0.1, 0.15) is 18.5 Å². The summed E-state index contributed by atoms with van der Waals surface area (Å²) in [7, 11) is 0. The van der Waals surface area contributed by atoms with Gasteiger partial charge in [-0.1, -0.05) is 6.08 Å². The molecule has 4 nitrogen and oxygen atoms in total. The van der Waals surface area contributed by atoms with Crippen molar-refractivity contribution in [2.24, 2.45) is 5.92 Å². The van der Waals surface area contributed by atoms with Crippen molar-refractivity contribution in [3.8, 4) is 0 Å². The van der Waals surface area contributed by atoms with E-state index in [0.717, 1.165) is 37.9 Å². The minimum atomic E-state index is 0.613. The number of rotatable bonds is 5. The van der Waals surface area contributed by atoms with Gasteiger partial charge in [0.1, 0.15) is 0 Å². The monoisotopic (exact) mass is 235 g/mol. The summed E-state index contributed by atoms with van der Waals surface area (Å²) in [6.45, 7) is 9.25. The van der Waals surface area contributed by atoms with Gasteiger partial charge in [0.25, 0.3) is 0 Å². The predicted molar refractivity (Wildman–Crippen MR) is 69.2 cm³/mol. The van der Waals surface area contributed by atoms with Gasteiger partial charge >= 0.3 is 0 Å². The van der Waals surface area contributed by atoms with E-state index in [1.54, 1.807) is 0 Å². The lowest BCUT2D eigenvalue weighted by Crippen LogP contribution is -2.22. The van der Waals surface area contributed by atoms with Gasteiger partial charge in [-0.25, -0.2) is 4.98 Å². The molecular weight excluding hydrogens is 214 g/mol. The molecule has 0 bridgehead atoms. The molecule has 4 heteroatoms. The molecule has 1 fully saturated rings. The summed E-state index contributed by atoms with van der Waals surface area (Å²) < 4.78 is 7.70. The van der Waals surface area contributed by atoms with E-state index in [0.29, 0.717) is 5.92 Å². The maximum atomic E-state index is 5.51. The number of aryl methyl sites for hydroxylation is 1. The van der Waals surface area contributed by atoms with E-state index in [1.165, 1.54) is 12.8 Å². The van der Waals surface area contributed by atoms with E-state index >= 15 is 0 Å². The Kier molecular flexibility index (Phi) is 4.20. The molecule has 1 N–H and O–H groups in total. The Labute approximate surface area is 103 Å². The molecule has 1 aliphatic rings. The summed E-state index contributed by atoms with van der Waals surface area (Å²) in [5.41, 5.74) is 1.05. The van der Waals surface area contributed by atoms with Gasteiger partial charge in [0, 0.05) is 31.8 Å². The summed E-state index contributed by atoms with van der Waals surface area (Å²) in [5.74, 6) is 1.55. The van der Waals surface area contributed by atoms with E-state index in [4.69, 9.17) is 4.74 Å². The molecule has 1 atom stereocenters. The number of ether oxygens (including phenoxy) is 1. The number of hydrogen-bond acceptors (Lipinski definition) is 3. The third kappa shape index (κ3) is 3.33. The zero-order chi connectivity index (χ0) is 12.1. The number of aromatic nitrogens is 2. The summed E-state index contributed by atoms with van der Waals surface area (Å²) in [6.07, 6.45) is 6.37. The summed E-state index contributed by atoms with van der Waals surface area (Å²) >= 11 is 0. The third-order valence-electron chi connectivity index (χ3n) is 3.01. The first kappa shape index (κ1) is 12.2. The average Bonchev–Trinajstić information content (AvgIpc) is 2.68. The quantitative estimate of drug-likeness (QED) is 0.795. The third-order valence-corrected chi connectivity index (χ3v) is 3.01. The highest BCUT2D eigenvalue weighted by atomic mass is 16.5. The SMILES string of the molecule is C=CCNc1nc(C)cn1CC1CCCOC1. The molecule has 1 aromatic heterocycles. The molecule has 94 valence electrons. The van der Waals surface area contributed by atoms with Crippen LogP contribution in [0.15, 0.2) is 18.9 Å². The molecule has 1 unspecified atom stereocenters. The highest BCUT2D eigenvalue weighted by molar-refractivity contribution is 5.29.